The van der Waals surface area contributed by atoms with Gasteiger partial charge in [-0.2, -0.15) is 5.10 Å². The van der Waals surface area contributed by atoms with Crippen molar-refractivity contribution in [3.63, 3.8) is 0 Å². The molecule has 114 valence electrons. The Hall–Kier alpha value is -1.37. The van der Waals surface area contributed by atoms with Gasteiger partial charge in [0.1, 0.15) is 5.02 Å². The highest BCUT2D eigenvalue weighted by molar-refractivity contribution is 7.10. The smallest absolute Gasteiger partial charge is 0.287 e. The molecule has 1 unspecified atom stereocenters. The largest absolute Gasteiger partial charge is 0.394 e. The molecule has 0 saturated carbocycles. The molecule has 2 aromatic heterocycles. The molecule has 0 fully saturated rings. The first-order chi connectivity index (χ1) is 10.2. The summed E-state index contributed by atoms with van der Waals surface area (Å²) in [7, 11) is 0. The first-order valence-corrected chi connectivity index (χ1v) is 8.09. The van der Waals surface area contributed by atoms with E-state index in [2.05, 4.69) is 23.4 Å². The highest BCUT2D eigenvalue weighted by Gasteiger charge is 2.15. The molecular weight excluding hydrogens is 310 g/mol. The van der Waals surface area contributed by atoms with Crippen LogP contribution in [0.4, 0.5) is 5.69 Å². The Balaban J connectivity index is 2.25. The zero-order valence-electron chi connectivity index (χ0n) is 11.8. The minimum absolute atomic E-state index is 0.108. The van der Waals surface area contributed by atoms with Crippen LogP contribution in [0, 0.1) is 0 Å². The van der Waals surface area contributed by atoms with Crippen molar-refractivity contribution in [2.75, 3.05) is 11.9 Å². The van der Waals surface area contributed by atoms with Crippen molar-refractivity contribution in [3.8, 4) is 0 Å². The Morgan fingerprint density at radius 2 is 2.38 bits per heavy atom. The number of hydrogen-bond acceptors (Lipinski definition) is 5. The summed E-state index contributed by atoms with van der Waals surface area (Å²) < 4.78 is 1.16. The van der Waals surface area contributed by atoms with Gasteiger partial charge in [-0.3, -0.25) is 4.79 Å². The fourth-order valence-electron chi connectivity index (χ4n) is 2.07. The van der Waals surface area contributed by atoms with Gasteiger partial charge in [-0.1, -0.05) is 31.0 Å². The molecule has 0 aromatic carbocycles. The quantitative estimate of drug-likeness (QED) is 0.820. The van der Waals surface area contributed by atoms with Gasteiger partial charge in [0.05, 0.1) is 31.1 Å². The van der Waals surface area contributed by atoms with Gasteiger partial charge in [-0.05, 0) is 17.9 Å². The maximum atomic E-state index is 12.0. The molecule has 0 saturated heterocycles. The van der Waals surface area contributed by atoms with Gasteiger partial charge in [0, 0.05) is 4.88 Å². The van der Waals surface area contributed by atoms with Crippen molar-refractivity contribution < 1.29 is 5.11 Å². The fourth-order valence-corrected chi connectivity index (χ4v) is 3.08. The Morgan fingerprint density at radius 3 is 3.00 bits per heavy atom. The molecule has 2 heterocycles. The zero-order chi connectivity index (χ0) is 15.2. The molecular formula is C14H18ClN3O2S. The summed E-state index contributed by atoms with van der Waals surface area (Å²) >= 11 is 7.79. The Kier molecular flexibility index (Phi) is 5.78. The Bertz CT molecular complexity index is 628. The van der Waals surface area contributed by atoms with Crippen molar-refractivity contribution >= 4 is 28.6 Å². The third-order valence-electron chi connectivity index (χ3n) is 3.09. The lowest BCUT2D eigenvalue weighted by molar-refractivity contribution is 0.266. The summed E-state index contributed by atoms with van der Waals surface area (Å²) in [5.41, 5.74) is 0.139. The number of anilines is 1. The predicted octanol–water partition coefficient (Wildman–Crippen LogP) is 2.90. The molecule has 2 N–H and O–H groups in total. The topological polar surface area (TPSA) is 67.2 Å². The third-order valence-corrected chi connectivity index (χ3v) is 4.44. The second-order valence-electron chi connectivity index (χ2n) is 4.63. The Labute approximate surface area is 132 Å². The normalized spacial score (nSPS) is 12.3. The van der Waals surface area contributed by atoms with Crippen LogP contribution in [0.2, 0.25) is 5.02 Å². The second-order valence-corrected chi connectivity index (χ2v) is 5.98. The van der Waals surface area contributed by atoms with E-state index >= 15 is 0 Å². The van der Waals surface area contributed by atoms with Crippen LogP contribution in [-0.2, 0) is 6.54 Å². The van der Waals surface area contributed by atoms with Crippen molar-refractivity contribution in [1.82, 2.24) is 9.78 Å². The van der Waals surface area contributed by atoms with E-state index in [0.29, 0.717) is 5.69 Å². The molecule has 0 bridgehead atoms. The molecule has 2 rings (SSSR count). The minimum Gasteiger partial charge on any atom is -0.394 e. The van der Waals surface area contributed by atoms with E-state index in [9.17, 15) is 4.79 Å². The van der Waals surface area contributed by atoms with Crippen molar-refractivity contribution in [1.29, 1.82) is 0 Å². The second kappa shape index (κ2) is 7.59. The maximum Gasteiger partial charge on any atom is 0.287 e. The van der Waals surface area contributed by atoms with Crippen molar-refractivity contribution in [2.24, 2.45) is 0 Å². The number of aromatic nitrogens is 2. The first-order valence-electron chi connectivity index (χ1n) is 6.83. The van der Waals surface area contributed by atoms with Crippen LogP contribution in [0.5, 0.6) is 0 Å². The van der Waals surface area contributed by atoms with Crippen LogP contribution >= 0.6 is 22.9 Å². The number of aliphatic hydroxyl groups excluding tert-OH is 1. The summed E-state index contributed by atoms with van der Waals surface area (Å²) in [4.78, 5) is 13.2. The molecule has 5 nitrogen and oxygen atoms in total. The van der Waals surface area contributed by atoms with E-state index in [0.717, 1.165) is 17.5 Å². The Morgan fingerprint density at radius 1 is 1.57 bits per heavy atom. The van der Waals surface area contributed by atoms with Crippen LogP contribution in [0.15, 0.2) is 28.5 Å². The van der Waals surface area contributed by atoms with Crippen LogP contribution in [0.3, 0.4) is 0 Å². The van der Waals surface area contributed by atoms with Gasteiger partial charge >= 0.3 is 0 Å². The lowest BCUT2D eigenvalue weighted by Crippen LogP contribution is -2.26. The number of nitrogens with zero attached hydrogens (tertiary/aromatic N) is 2. The lowest BCUT2D eigenvalue weighted by atomic mass is 10.1. The van der Waals surface area contributed by atoms with Crippen molar-refractivity contribution in [2.45, 2.75) is 32.4 Å². The summed E-state index contributed by atoms with van der Waals surface area (Å²) in [6.07, 6.45) is 3.49. The zero-order valence-corrected chi connectivity index (χ0v) is 13.3. The fraction of sp³-hybridized carbons (Fsp3) is 0.429. The van der Waals surface area contributed by atoms with E-state index in [1.54, 1.807) is 11.3 Å². The van der Waals surface area contributed by atoms with Crippen molar-refractivity contribution in [3.05, 3.63) is 44.0 Å². The average molecular weight is 328 g/mol. The van der Waals surface area contributed by atoms with Gasteiger partial charge < -0.3 is 10.4 Å². The molecule has 0 amide bonds. The number of nitrogens with one attached hydrogen (secondary N) is 1. The highest BCUT2D eigenvalue weighted by atomic mass is 35.5. The number of aliphatic hydroxyl groups is 1. The molecule has 1 atom stereocenters. The summed E-state index contributed by atoms with van der Waals surface area (Å²) in [5, 5.41) is 18.3. The van der Waals surface area contributed by atoms with Crippen LogP contribution in [-0.4, -0.2) is 21.5 Å². The van der Waals surface area contributed by atoms with E-state index in [1.165, 1.54) is 11.1 Å². The summed E-state index contributed by atoms with van der Waals surface area (Å²) in [6, 6.07) is 4.18. The van der Waals surface area contributed by atoms with Crippen LogP contribution < -0.4 is 10.9 Å². The van der Waals surface area contributed by atoms with E-state index < -0.39 is 5.56 Å². The molecule has 0 spiro atoms. The molecule has 7 heteroatoms. The van der Waals surface area contributed by atoms with Gasteiger partial charge in [0.15, 0.2) is 0 Å². The summed E-state index contributed by atoms with van der Waals surface area (Å²) in [6.45, 7) is 2.10. The molecule has 0 aliphatic carbocycles. The number of thiophene rings is 1. The molecule has 0 aliphatic heterocycles. The van der Waals surface area contributed by atoms with E-state index in [1.807, 2.05) is 11.4 Å². The van der Waals surface area contributed by atoms with Gasteiger partial charge in [0.25, 0.3) is 5.56 Å². The highest BCUT2D eigenvalue weighted by Crippen LogP contribution is 2.29. The third kappa shape index (κ3) is 3.84. The average Bonchev–Trinajstić information content (AvgIpc) is 3.00. The van der Waals surface area contributed by atoms with Crippen LogP contribution in [0.1, 0.15) is 30.7 Å². The van der Waals surface area contributed by atoms with Gasteiger partial charge in [-0.25, -0.2) is 4.68 Å². The molecule has 21 heavy (non-hydrogen) atoms. The van der Waals surface area contributed by atoms with E-state index in [4.69, 9.17) is 16.7 Å². The monoisotopic (exact) mass is 327 g/mol. The number of halogens is 1. The minimum atomic E-state index is -0.392. The van der Waals surface area contributed by atoms with Crippen LogP contribution in [0.25, 0.3) is 0 Å². The first kappa shape index (κ1) is 16.0. The number of hydrogen-bond donors (Lipinski definition) is 2. The standard InChI is InChI=1S/C14H18ClN3O2S/c1-2-4-10(12-5-3-8-21-12)17-11-9-16-18(6-7-19)14(20)13(11)15/h3,5,8-10,17,19H,2,4,6-7H2,1H3. The van der Waals surface area contributed by atoms with Gasteiger partial charge in [-0.15, -0.1) is 11.3 Å². The summed E-state index contributed by atoms with van der Waals surface area (Å²) in [5.74, 6) is 0. The molecule has 2 aromatic rings. The van der Waals surface area contributed by atoms with E-state index in [-0.39, 0.29) is 24.2 Å². The lowest BCUT2D eigenvalue weighted by Gasteiger charge is -2.19. The predicted molar refractivity (Wildman–Crippen MR) is 86.2 cm³/mol. The SMILES string of the molecule is CCCC(Nc1cnn(CCO)c(=O)c1Cl)c1cccs1. The molecule has 0 aliphatic rings. The number of rotatable bonds is 7. The maximum absolute atomic E-state index is 12.0. The van der Waals surface area contributed by atoms with Gasteiger partial charge in [0.2, 0.25) is 0 Å². The molecule has 0 radical (unpaired) electrons.